The van der Waals surface area contributed by atoms with Crippen molar-refractivity contribution in [1.29, 1.82) is 0 Å². The van der Waals surface area contributed by atoms with Crippen LogP contribution in [0.4, 0.5) is 8.78 Å². The summed E-state index contributed by atoms with van der Waals surface area (Å²) >= 11 is 0. The lowest BCUT2D eigenvalue weighted by molar-refractivity contribution is 0.0955. The van der Waals surface area contributed by atoms with E-state index in [-0.39, 0.29) is 17.0 Å². The molecule has 0 aliphatic carbocycles. The van der Waals surface area contributed by atoms with E-state index in [4.69, 9.17) is 0 Å². The van der Waals surface area contributed by atoms with Gasteiger partial charge in [0.25, 0.3) is 5.91 Å². The third kappa shape index (κ3) is 2.28. The molecule has 4 heteroatoms. The molecule has 76 valence electrons. The lowest BCUT2D eigenvalue weighted by Gasteiger charge is -2.04. The highest BCUT2D eigenvalue weighted by molar-refractivity contribution is 5.94. The van der Waals surface area contributed by atoms with Crippen LogP contribution in [0.2, 0.25) is 0 Å². The van der Waals surface area contributed by atoms with Crippen LogP contribution >= 0.6 is 0 Å². The fourth-order valence-electron chi connectivity index (χ4n) is 1.08. The fourth-order valence-corrected chi connectivity index (χ4v) is 1.08. The zero-order valence-electron chi connectivity index (χ0n) is 7.81. The fraction of sp³-hybridized carbons (Fsp3) is 0.300. The maximum Gasteiger partial charge on any atom is 0.251 e. The first kappa shape index (κ1) is 10.6. The normalized spacial score (nSPS) is 9.93. The van der Waals surface area contributed by atoms with Gasteiger partial charge in [0.15, 0.2) is 0 Å². The maximum absolute atomic E-state index is 12.8. The van der Waals surface area contributed by atoms with Gasteiger partial charge in [-0.1, -0.05) is 0 Å². The summed E-state index contributed by atoms with van der Waals surface area (Å²) in [5.74, 6) is -0.942. The van der Waals surface area contributed by atoms with E-state index in [0.29, 0.717) is 6.54 Å². The molecule has 1 amide bonds. The summed E-state index contributed by atoms with van der Waals surface area (Å²) in [6, 6.07) is 3.65. The van der Waals surface area contributed by atoms with Crippen molar-refractivity contribution in [3.8, 4) is 0 Å². The van der Waals surface area contributed by atoms with Crippen LogP contribution in [0, 0.1) is 5.82 Å². The van der Waals surface area contributed by atoms with E-state index in [1.807, 2.05) is 0 Å². The van der Waals surface area contributed by atoms with Crippen molar-refractivity contribution < 1.29 is 13.6 Å². The van der Waals surface area contributed by atoms with Crippen molar-refractivity contribution in [1.82, 2.24) is 5.32 Å². The summed E-state index contributed by atoms with van der Waals surface area (Å²) in [6.45, 7) is 1.36. The van der Waals surface area contributed by atoms with Crippen molar-refractivity contribution in [2.75, 3.05) is 6.54 Å². The summed E-state index contributed by atoms with van der Waals surface area (Å²) in [7, 11) is 0. The second-order valence-electron chi connectivity index (χ2n) is 2.80. The van der Waals surface area contributed by atoms with Crippen LogP contribution in [-0.2, 0) is 6.67 Å². The predicted molar refractivity (Wildman–Crippen MR) is 49.2 cm³/mol. The Hall–Kier alpha value is -1.45. The highest BCUT2D eigenvalue weighted by atomic mass is 19.1. The Bertz CT molecular complexity index is 339. The molecule has 2 nitrogen and oxygen atoms in total. The lowest BCUT2D eigenvalue weighted by Crippen LogP contribution is -2.22. The van der Waals surface area contributed by atoms with E-state index in [1.165, 1.54) is 12.1 Å². The largest absolute Gasteiger partial charge is 0.352 e. The Kier molecular flexibility index (Phi) is 3.56. The highest BCUT2D eigenvalue weighted by Crippen LogP contribution is 2.11. The summed E-state index contributed by atoms with van der Waals surface area (Å²) in [5, 5.41) is 2.55. The number of nitrogens with one attached hydrogen (secondary N) is 1. The van der Waals surface area contributed by atoms with Gasteiger partial charge in [0.1, 0.15) is 12.5 Å². The average molecular weight is 199 g/mol. The summed E-state index contributed by atoms with van der Waals surface area (Å²) in [6.07, 6.45) is 0. The van der Waals surface area contributed by atoms with Crippen LogP contribution in [0.5, 0.6) is 0 Å². The quantitative estimate of drug-likeness (QED) is 0.793. The van der Waals surface area contributed by atoms with Crippen molar-refractivity contribution in [3.63, 3.8) is 0 Å². The lowest BCUT2D eigenvalue weighted by atomic mass is 10.1. The summed E-state index contributed by atoms with van der Waals surface area (Å²) in [5.41, 5.74) is 0.189. The van der Waals surface area contributed by atoms with Crippen LogP contribution < -0.4 is 5.32 Å². The molecule has 0 saturated heterocycles. The molecule has 14 heavy (non-hydrogen) atoms. The number of halogens is 2. The molecular formula is C10H11F2NO. The Morgan fingerprint density at radius 1 is 1.50 bits per heavy atom. The first-order valence-corrected chi connectivity index (χ1v) is 4.31. The van der Waals surface area contributed by atoms with Gasteiger partial charge in [-0.25, -0.2) is 8.78 Å². The Balaban J connectivity index is 2.94. The highest BCUT2D eigenvalue weighted by Gasteiger charge is 2.08. The van der Waals surface area contributed by atoms with Crippen LogP contribution in [0.25, 0.3) is 0 Å². The van der Waals surface area contributed by atoms with Crippen molar-refractivity contribution in [2.24, 2.45) is 0 Å². The molecule has 0 aliphatic rings. The molecule has 0 saturated carbocycles. The molecule has 0 unspecified atom stereocenters. The second-order valence-corrected chi connectivity index (χ2v) is 2.80. The molecule has 0 radical (unpaired) electrons. The minimum absolute atomic E-state index is 0.0891. The number of carbonyl (C=O) groups is 1. The smallest absolute Gasteiger partial charge is 0.251 e. The molecule has 0 bridgehead atoms. The van der Waals surface area contributed by atoms with Crippen LogP contribution in [0.1, 0.15) is 22.8 Å². The van der Waals surface area contributed by atoms with Gasteiger partial charge in [0.05, 0.1) is 0 Å². The number of carbonyl (C=O) groups excluding carboxylic acids is 1. The van der Waals surface area contributed by atoms with Crippen molar-refractivity contribution >= 4 is 5.91 Å². The van der Waals surface area contributed by atoms with Crippen molar-refractivity contribution in [3.05, 3.63) is 35.1 Å². The van der Waals surface area contributed by atoms with Gasteiger partial charge in [-0.15, -0.1) is 0 Å². The van der Waals surface area contributed by atoms with E-state index >= 15 is 0 Å². The van der Waals surface area contributed by atoms with Crippen molar-refractivity contribution in [2.45, 2.75) is 13.6 Å². The number of alkyl halides is 1. The minimum atomic E-state index is -0.904. The van der Waals surface area contributed by atoms with Crippen LogP contribution in [0.3, 0.4) is 0 Å². The van der Waals surface area contributed by atoms with Gasteiger partial charge in [0.2, 0.25) is 0 Å². The number of hydrogen-bond donors (Lipinski definition) is 1. The zero-order valence-corrected chi connectivity index (χ0v) is 7.81. The van der Waals surface area contributed by atoms with Crippen LogP contribution in [-0.4, -0.2) is 12.5 Å². The molecule has 0 heterocycles. The first-order chi connectivity index (χ1) is 6.69. The third-order valence-electron chi connectivity index (χ3n) is 1.79. The second kappa shape index (κ2) is 4.69. The molecule has 1 aromatic rings. The molecule has 1 N–H and O–H groups in total. The van der Waals surface area contributed by atoms with E-state index in [0.717, 1.165) is 6.07 Å². The Morgan fingerprint density at radius 3 is 2.79 bits per heavy atom. The van der Waals surface area contributed by atoms with E-state index < -0.39 is 12.5 Å². The first-order valence-electron chi connectivity index (χ1n) is 4.31. The summed E-state index contributed by atoms with van der Waals surface area (Å²) in [4.78, 5) is 11.3. The molecule has 1 aromatic carbocycles. The Morgan fingerprint density at radius 2 is 2.21 bits per heavy atom. The topological polar surface area (TPSA) is 29.1 Å². The molecule has 0 aliphatic heterocycles. The number of rotatable bonds is 3. The SMILES string of the molecule is CCNC(=O)c1ccc(F)c(CF)c1. The van der Waals surface area contributed by atoms with E-state index in [1.54, 1.807) is 6.92 Å². The number of benzene rings is 1. The van der Waals surface area contributed by atoms with Gasteiger partial charge in [-0.2, -0.15) is 0 Å². The molecule has 0 fully saturated rings. The zero-order chi connectivity index (χ0) is 10.6. The van der Waals surface area contributed by atoms with Gasteiger partial charge < -0.3 is 5.32 Å². The van der Waals surface area contributed by atoms with E-state index in [9.17, 15) is 13.6 Å². The molecule has 0 aromatic heterocycles. The van der Waals surface area contributed by atoms with Gasteiger partial charge in [-0.05, 0) is 25.1 Å². The number of hydrogen-bond acceptors (Lipinski definition) is 1. The minimum Gasteiger partial charge on any atom is -0.352 e. The van der Waals surface area contributed by atoms with E-state index in [2.05, 4.69) is 5.32 Å². The Labute approximate surface area is 80.9 Å². The number of amides is 1. The monoisotopic (exact) mass is 199 g/mol. The molecule has 0 atom stereocenters. The summed E-state index contributed by atoms with van der Waals surface area (Å²) < 4.78 is 25.1. The average Bonchev–Trinajstić information content (AvgIpc) is 2.19. The molecular weight excluding hydrogens is 188 g/mol. The molecule has 0 spiro atoms. The van der Waals surface area contributed by atoms with Gasteiger partial charge in [0, 0.05) is 17.7 Å². The van der Waals surface area contributed by atoms with Crippen LogP contribution in [0.15, 0.2) is 18.2 Å². The maximum atomic E-state index is 12.8. The third-order valence-corrected chi connectivity index (χ3v) is 1.79. The standard InChI is InChI=1S/C10H11F2NO/c1-2-13-10(14)7-3-4-9(12)8(5-7)6-11/h3-5H,2,6H2,1H3,(H,13,14). The van der Waals surface area contributed by atoms with Gasteiger partial charge in [-0.3, -0.25) is 4.79 Å². The molecule has 1 rings (SSSR count). The van der Waals surface area contributed by atoms with Gasteiger partial charge >= 0.3 is 0 Å². The predicted octanol–water partition coefficient (Wildman–Crippen LogP) is 2.04.